The minimum atomic E-state index is -0.0772. The Morgan fingerprint density at radius 3 is 2.55 bits per heavy atom. The van der Waals surface area contributed by atoms with Crippen LogP contribution in [-0.2, 0) is 11.3 Å². The molecule has 0 N–H and O–H groups in total. The fraction of sp³-hybridized carbons (Fsp3) is 0.522. The summed E-state index contributed by atoms with van der Waals surface area (Å²) in [5.74, 6) is 1.01. The number of carbonyl (C=O) groups excluding carboxylic acids is 2. The van der Waals surface area contributed by atoms with E-state index in [1.54, 1.807) is 23.5 Å². The Bertz CT molecular complexity index is 944. The fourth-order valence-corrected chi connectivity index (χ4v) is 4.05. The molecule has 8 nitrogen and oxygen atoms in total. The summed E-state index contributed by atoms with van der Waals surface area (Å²) in [7, 11) is 3.78. The Balaban J connectivity index is 1.60. The van der Waals surface area contributed by atoms with E-state index in [9.17, 15) is 9.59 Å². The maximum absolute atomic E-state index is 13.5. The van der Waals surface area contributed by atoms with Crippen LogP contribution >= 0.6 is 0 Å². The van der Waals surface area contributed by atoms with Crippen LogP contribution < -0.4 is 4.90 Å². The number of carbonyl (C=O) groups is 2. The first-order valence-corrected chi connectivity index (χ1v) is 11.0. The molecule has 0 spiro atoms. The topological polar surface area (TPSA) is 82.5 Å². The molecule has 31 heavy (non-hydrogen) atoms. The van der Waals surface area contributed by atoms with Crippen molar-refractivity contribution >= 4 is 17.8 Å². The standard InChI is InChI=1S/C23H30N6O2/c1-4-28(14-16-7-10-24-11-8-16)22(31)19-13-25-23(27(2)3)26-20(19)18-9-12-29(15-18)21(30)17-5-6-17/h7-8,10-11,13,17-18H,4-6,9,12,14-15H2,1-3H3. The van der Waals surface area contributed by atoms with Gasteiger partial charge in [-0.2, -0.15) is 0 Å². The van der Waals surface area contributed by atoms with Crippen molar-refractivity contribution in [3.63, 3.8) is 0 Å². The molecule has 4 rings (SSSR count). The van der Waals surface area contributed by atoms with Crippen molar-refractivity contribution < 1.29 is 9.59 Å². The maximum atomic E-state index is 13.5. The molecule has 2 aliphatic rings. The summed E-state index contributed by atoms with van der Waals surface area (Å²) >= 11 is 0. The van der Waals surface area contributed by atoms with Gasteiger partial charge >= 0.3 is 0 Å². The van der Waals surface area contributed by atoms with Gasteiger partial charge in [-0.3, -0.25) is 14.6 Å². The molecule has 3 heterocycles. The lowest BCUT2D eigenvalue weighted by atomic mass is 9.99. The Morgan fingerprint density at radius 1 is 1.16 bits per heavy atom. The summed E-state index contributed by atoms with van der Waals surface area (Å²) in [6, 6.07) is 3.83. The Morgan fingerprint density at radius 2 is 1.90 bits per heavy atom. The van der Waals surface area contributed by atoms with E-state index in [1.807, 2.05) is 43.0 Å². The zero-order chi connectivity index (χ0) is 22.0. The molecular formula is C23H30N6O2. The molecule has 2 aromatic rings. The van der Waals surface area contributed by atoms with E-state index in [-0.39, 0.29) is 23.7 Å². The van der Waals surface area contributed by atoms with Crippen molar-refractivity contribution in [3.8, 4) is 0 Å². The summed E-state index contributed by atoms with van der Waals surface area (Å²) in [4.78, 5) is 44.9. The van der Waals surface area contributed by atoms with E-state index in [0.29, 0.717) is 31.1 Å². The summed E-state index contributed by atoms with van der Waals surface area (Å²) in [6.45, 7) is 4.40. The lowest BCUT2D eigenvalue weighted by Gasteiger charge is -2.24. The first-order valence-electron chi connectivity index (χ1n) is 11.0. The van der Waals surface area contributed by atoms with E-state index >= 15 is 0 Å². The Kier molecular flexibility index (Phi) is 6.15. The molecule has 0 radical (unpaired) electrons. The largest absolute Gasteiger partial charge is 0.347 e. The third kappa shape index (κ3) is 4.68. The van der Waals surface area contributed by atoms with E-state index in [4.69, 9.17) is 4.98 Å². The van der Waals surface area contributed by atoms with Gasteiger partial charge in [-0.05, 0) is 43.9 Å². The van der Waals surface area contributed by atoms with Gasteiger partial charge < -0.3 is 14.7 Å². The smallest absolute Gasteiger partial charge is 0.257 e. The van der Waals surface area contributed by atoms with Gasteiger partial charge in [0.25, 0.3) is 5.91 Å². The minimum absolute atomic E-state index is 0.0444. The highest BCUT2D eigenvalue weighted by molar-refractivity contribution is 5.95. The van der Waals surface area contributed by atoms with Crippen LogP contribution in [0.25, 0.3) is 0 Å². The van der Waals surface area contributed by atoms with Gasteiger partial charge in [0, 0.05) is 70.7 Å². The molecular weight excluding hydrogens is 392 g/mol. The van der Waals surface area contributed by atoms with E-state index < -0.39 is 0 Å². The molecule has 1 saturated carbocycles. The molecule has 2 amide bonds. The third-order valence-corrected chi connectivity index (χ3v) is 6.04. The quantitative estimate of drug-likeness (QED) is 0.681. The Labute approximate surface area is 183 Å². The number of nitrogens with zero attached hydrogens (tertiary/aromatic N) is 6. The molecule has 1 aliphatic heterocycles. The molecule has 2 aromatic heterocycles. The average Bonchev–Trinajstić information content (AvgIpc) is 3.53. The van der Waals surface area contributed by atoms with Crippen molar-refractivity contribution in [2.24, 2.45) is 5.92 Å². The molecule has 2 fully saturated rings. The highest BCUT2D eigenvalue weighted by atomic mass is 16.2. The Hall–Kier alpha value is -3.03. The molecule has 1 atom stereocenters. The van der Waals surface area contributed by atoms with Crippen LogP contribution in [0.15, 0.2) is 30.7 Å². The van der Waals surface area contributed by atoms with Crippen molar-refractivity contribution in [2.75, 3.05) is 38.6 Å². The first-order chi connectivity index (χ1) is 15.0. The number of pyridine rings is 1. The maximum Gasteiger partial charge on any atom is 0.257 e. The van der Waals surface area contributed by atoms with E-state index in [0.717, 1.165) is 37.1 Å². The lowest BCUT2D eigenvalue weighted by molar-refractivity contribution is -0.131. The monoisotopic (exact) mass is 422 g/mol. The summed E-state index contributed by atoms with van der Waals surface area (Å²) in [5.41, 5.74) is 2.31. The second-order valence-corrected chi connectivity index (χ2v) is 8.58. The molecule has 0 aromatic carbocycles. The van der Waals surface area contributed by atoms with Gasteiger partial charge in [0.15, 0.2) is 0 Å². The third-order valence-electron chi connectivity index (χ3n) is 6.04. The predicted molar refractivity (Wildman–Crippen MR) is 118 cm³/mol. The second kappa shape index (κ2) is 8.99. The SMILES string of the molecule is CCN(Cc1ccncc1)C(=O)c1cnc(N(C)C)nc1C1CCN(C(=O)C2CC2)C1. The van der Waals surface area contributed by atoms with Crippen molar-refractivity contribution in [1.82, 2.24) is 24.8 Å². The zero-order valence-electron chi connectivity index (χ0n) is 18.5. The van der Waals surface area contributed by atoms with Crippen LogP contribution in [0.5, 0.6) is 0 Å². The van der Waals surface area contributed by atoms with Crippen LogP contribution in [0.2, 0.25) is 0 Å². The summed E-state index contributed by atoms with van der Waals surface area (Å²) < 4.78 is 0. The van der Waals surface area contributed by atoms with Crippen molar-refractivity contribution in [1.29, 1.82) is 0 Å². The molecule has 8 heteroatoms. The summed E-state index contributed by atoms with van der Waals surface area (Å²) in [6.07, 6.45) is 7.95. The van der Waals surface area contributed by atoms with Gasteiger partial charge in [-0.1, -0.05) is 0 Å². The molecule has 1 unspecified atom stereocenters. The van der Waals surface area contributed by atoms with E-state index in [2.05, 4.69) is 9.97 Å². The number of aromatic nitrogens is 3. The number of likely N-dealkylation sites (tertiary alicyclic amines) is 1. The zero-order valence-corrected chi connectivity index (χ0v) is 18.5. The van der Waals surface area contributed by atoms with Gasteiger partial charge in [0.1, 0.15) is 0 Å². The predicted octanol–water partition coefficient (Wildman–Crippen LogP) is 2.33. The number of amides is 2. The van der Waals surface area contributed by atoms with Gasteiger partial charge in [0.05, 0.1) is 11.3 Å². The van der Waals surface area contributed by atoms with Crippen LogP contribution in [0, 0.1) is 5.92 Å². The van der Waals surface area contributed by atoms with Crippen LogP contribution in [0.1, 0.15) is 53.7 Å². The fourth-order valence-electron chi connectivity index (χ4n) is 4.05. The van der Waals surface area contributed by atoms with Crippen LogP contribution in [0.4, 0.5) is 5.95 Å². The lowest BCUT2D eigenvalue weighted by Crippen LogP contribution is -2.33. The normalized spacial score (nSPS) is 18.2. The van der Waals surface area contributed by atoms with Crippen molar-refractivity contribution in [3.05, 3.63) is 47.5 Å². The number of rotatable bonds is 7. The van der Waals surface area contributed by atoms with Gasteiger partial charge in [-0.15, -0.1) is 0 Å². The van der Waals surface area contributed by atoms with Crippen LogP contribution in [-0.4, -0.2) is 70.3 Å². The minimum Gasteiger partial charge on any atom is -0.347 e. The molecule has 164 valence electrons. The van der Waals surface area contributed by atoms with Crippen molar-refractivity contribution in [2.45, 2.75) is 38.6 Å². The second-order valence-electron chi connectivity index (χ2n) is 8.58. The highest BCUT2D eigenvalue weighted by Crippen LogP contribution is 2.35. The number of hydrogen-bond donors (Lipinski definition) is 0. The number of anilines is 1. The highest BCUT2D eigenvalue weighted by Gasteiger charge is 2.38. The van der Waals surface area contributed by atoms with Gasteiger partial charge in [0.2, 0.25) is 11.9 Å². The van der Waals surface area contributed by atoms with Gasteiger partial charge in [-0.25, -0.2) is 9.97 Å². The summed E-state index contributed by atoms with van der Waals surface area (Å²) in [5, 5.41) is 0. The molecule has 0 bridgehead atoms. The first kappa shape index (κ1) is 21.2. The number of hydrogen-bond acceptors (Lipinski definition) is 6. The van der Waals surface area contributed by atoms with E-state index in [1.165, 1.54) is 0 Å². The average molecular weight is 423 g/mol. The van der Waals surface area contributed by atoms with Crippen LogP contribution in [0.3, 0.4) is 0 Å². The molecule has 1 aliphatic carbocycles. The molecule has 1 saturated heterocycles.